The van der Waals surface area contributed by atoms with Gasteiger partial charge in [0.2, 0.25) is 10.7 Å². The molecule has 0 radical (unpaired) electrons. The van der Waals surface area contributed by atoms with Crippen molar-refractivity contribution in [3.05, 3.63) is 39.4 Å². The molecule has 1 aromatic heterocycles. The Morgan fingerprint density at radius 2 is 2.25 bits per heavy atom. The Labute approximate surface area is 95.1 Å². The van der Waals surface area contributed by atoms with E-state index < -0.39 is 11.5 Å². The summed E-state index contributed by atoms with van der Waals surface area (Å²) in [6, 6.07) is 2.92. The van der Waals surface area contributed by atoms with Crippen LogP contribution >= 0.6 is 11.3 Å². The molecule has 0 aliphatic carbocycles. The highest BCUT2D eigenvalue weighted by Gasteiger charge is 2.10. The quantitative estimate of drug-likeness (QED) is 0.481. The SMILES string of the molecule is [C-]#[N+]c1cc(/C=C(\C#N)C(=O)O)sc1[N+]#[C-]. The smallest absolute Gasteiger partial charge is 0.346 e. The normalized spacial score (nSPS) is 9.94. The molecule has 0 aliphatic rings. The second-order valence-electron chi connectivity index (χ2n) is 2.54. The summed E-state index contributed by atoms with van der Waals surface area (Å²) in [6.07, 6.45) is 1.15. The lowest BCUT2D eigenvalue weighted by Crippen LogP contribution is -1.96. The van der Waals surface area contributed by atoms with E-state index in [1.807, 2.05) is 0 Å². The van der Waals surface area contributed by atoms with Gasteiger partial charge in [-0.05, 0) is 6.08 Å². The zero-order valence-electron chi connectivity index (χ0n) is 7.76. The Kier molecular flexibility index (Phi) is 3.40. The van der Waals surface area contributed by atoms with Crippen LogP contribution in [0, 0.1) is 24.5 Å². The Balaban J connectivity index is 3.24. The van der Waals surface area contributed by atoms with Crippen LogP contribution < -0.4 is 0 Å². The molecule has 1 aromatic rings. The number of carboxylic acids is 1. The fourth-order valence-corrected chi connectivity index (χ4v) is 1.73. The lowest BCUT2D eigenvalue weighted by Gasteiger charge is -1.87. The van der Waals surface area contributed by atoms with Gasteiger partial charge < -0.3 is 5.11 Å². The third kappa shape index (κ3) is 2.24. The first kappa shape index (κ1) is 11.5. The Morgan fingerprint density at radius 1 is 1.56 bits per heavy atom. The van der Waals surface area contributed by atoms with Gasteiger partial charge in [-0.25, -0.2) is 14.5 Å². The Hall–Kier alpha value is -2.62. The average Bonchev–Trinajstić information content (AvgIpc) is 2.67. The molecule has 0 amide bonds. The van der Waals surface area contributed by atoms with Crippen LogP contribution in [0.4, 0.5) is 10.7 Å². The minimum atomic E-state index is -1.33. The van der Waals surface area contributed by atoms with Crippen molar-refractivity contribution in [1.29, 1.82) is 5.26 Å². The number of nitrogens with zero attached hydrogens (tertiary/aromatic N) is 3. The lowest BCUT2D eigenvalue weighted by atomic mass is 10.2. The summed E-state index contributed by atoms with van der Waals surface area (Å²) in [5, 5.41) is 17.3. The molecule has 6 heteroatoms. The van der Waals surface area contributed by atoms with Gasteiger partial charge in [-0.2, -0.15) is 16.6 Å². The summed E-state index contributed by atoms with van der Waals surface area (Å²) in [6.45, 7) is 13.6. The molecule has 1 rings (SSSR count). The van der Waals surface area contributed by atoms with Gasteiger partial charge in [0, 0.05) is 4.88 Å². The second kappa shape index (κ2) is 4.75. The summed E-state index contributed by atoms with van der Waals surface area (Å²) in [5.74, 6) is -1.33. The van der Waals surface area contributed by atoms with Gasteiger partial charge in [0.15, 0.2) is 0 Å². The predicted molar refractivity (Wildman–Crippen MR) is 58.1 cm³/mol. The monoisotopic (exact) mass is 229 g/mol. The summed E-state index contributed by atoms with van der Waals surface area (Å²) in [5.41, 5.74) is -0.247. The highest BCUT2D eigenvalue weighted by molar-refractivity contribution is 7.17. The maximum atomic E-state index is 10.6. The number of nitriles is 1. The molecule has 16 heavy (non-hydrogen) atoms. The number of rotatable bonds is 2. The summed E-state index contributed by atoms with van der Waals surface area (Å²) < 4.78 is 0. The van der Waals surface area contributed by atoms with Crippen LogP contribution in [0.2, 0.25) is 0 Å². The number of thiophene rings is 1. The third-order valence-corrected chi connectivity index (χ3v) is 2.54. The first-order chi connectivity index (χ1) is 7.62. The molecule has 0 bridgehead atoms. The van der Waals surface area contributed by atoms with Gasteiger partial charge in [-0.1, -0.05) is 6.07 Å². The highest BCUT2D eigenvalue weighted by Crippen LogP contribution is 2.38. The number of carboxylic acid groups (broad SMARTS) is 1. The van der Waals surface area contributed by atoms with Gasteiger partial charge in [0.05, 0.1) is 13.1 Å². The second-order valence-corrected chi connectivity index (χ2v) is 3.60. The topological polar surface area (TPSA) is 69.8 Å². The summed E-state index contributed by atoms with van der Waals surface area (Å²) in [4.78, 5) is 17.2. The van der Waals surface area contributed by atoms with E-state index in [4.69, 9.17) is 23.5 Å². The molecule has 1 N–H and O–H groups in total. The zero-order chi connectivity index (χ0) is 12.1. The molecule has 1 heterocycles. The van der Waals surface area contributed by atoms with E-state index in [1.54, 1.807) is 0 Å². The highest BCUT2D eigenvalue weighted by atomic mass is 32.1. The van der Waals surface area contributed by atoms with Crippen molar-refractivity contribution in [3.8, 4) is 6.07 Å². The molecular weight excluding hydrogens is 226 g/mol. The van der Waals surface area contributed by atoms with E-state index in [1.165, 1.54) is 12.1 Å². The van der Waals surface area contributed by atoms with Gasteiger partial charge in [0.25, 0.3) is 0 Å². The molecule has 0 saturated heterocycles. The zero-order valence-corrected chi connectivity index (χ0v) is 8.58. The Morgan fingerprint density at radius 3 is 2.62 bits per heavy atom. The van der Waals surface area contributed by atoms with Crippen molar-refractivity contribution in [1.82, 2.24) is 0 Å². The largest absolute Gasteiger partial charge is 0.477 e. The van der Waals surface area contributed by atoms with E-state index in [2.05, 4.69) is 9.69 Å². The molecule has 0 fully saturated rings. The number of hydrogen-bond acceptors (Lipinski definition) is 3. The maximum Gasteiger partial charge on any atom is 0.346 e. The van der Waals surface area contributed by atoms with Gasteiger partial charge >= 0.3 is 5.97 Å². The Bertz CT molecular complexity index is 562. The molecule has 0 aliphatic heterocycles. The van der Waals surface area contributed by atoms with Crippen LogP contribution in [-0.2, 0) is 4.79 Å². The van der Waals surface area contributed by atoms with Crippen molar-refractivity contribution < 1.29 is 9.90 Å². The van der Waals surface area contributed by atoms with Crippen molar-refractivity contribution >= 4 is 34.1 Å². The predicted octanol–water partition coefficient (Wildman–Crippen LogP) is 2.84. The van der Waals surface area contributed by atoms with Crippen LogP contribution in [0.1, 0.15) is 4.88 Å². The van der Waals surface area contributed by atoms with Crippen molar-refractivity contribution in [3.63, 3.8) is 0 Å². The van der Waals surface area contributed by atoms with E-state index in [0.29, 0.717) is 4.88 Å². The molecule has 0 spiro atoms. The number of carbonyl (C=O) groups is 1. The number of hydrogen-bond donors (Lipinski definition) is 1. The molecule has 0 unspecified atom stereocenters. The summed E-state index contributed by atoms with van der Waals surface area (Å²) >= 11 is 0.986. The first-order valence-corrected chi connectivity index (χ1v) is 4.68. The first-order valence-electron chi connectivity index (χ1n) is 3.86. The standard InChI is InChI=1S/C10H3N3O2S/c1-12-8-4-7(16-9(8)13-2)3-6(5-11)10(14)15/h3-4H,(H,14,15)/b6-3+. The van der Waals surface area contributed by atoms with Gasteiger partial charge in [-0.15, -0.1) is 0 Å². The van der Waals surface area contributed by atoms with E-state index in [9.17, 15) is 4.79 Å². The van der Waals surface area contributed by atoms with Crippen LogP contribution in [-0.4, -0.2) is 11.1 Å². The molecule has 76 valence electrons. The van der Waals surface area contributed by atoms with E-state index >= 15 is 0 Å². The average molecular weight is 229 g/mol. The van der Waals surface area contributed by atoms with Crippen LogP contribution in [0.25, 0.3) is 15.8 Å². The molecule has 0 atom stereocenters. The maximum absolute atomic E-state index is 10.6. The summed E-state index contributed by atoms with van der Waals surface area (Å²) in [7, 11) is 0. The lowest BCUT2D eigenvalue weighted by molar-refractivity contribution is -0.132. The van der Waals surface area contributed by atoms with Crippen molar-refractivity contribution in [2.24, 2.45) is 0 Å². The van der Waals surface area contributed by atoms with Crippen LogP contribution in [0.15, 0.2) is 11.6 Å². The van der Waals surface area contributed by atoms with Crippen LogP contribution in [0.3, 0.4) is 0 Å². The molecule has 0 saturated carbocycles. The van der Waals surface area contributed by atoms with Crippen molar-refractivity contribution in [2.75, 3.05) is 0 Å². The van der Waals surface area contributed by atoms with E-state index in [-0.39, 0.29) is 10.7 Å². The van der Waals surface area contributed by atoms with Gasteiger partial charge in [-0.3, -0.25) is 0 Å². The molecule has 5 nitrogen and oxygen atoms in total. The molecular formula is C10H3N3O2S. The third-order valence-electron chi connectivity index (χ3n) is 1.57. The molecule has 0 aromatic carbocycles. The van der Waals surface area contributed by atoms with Crippen LogP contribution in [0.5, 0.6) is 0 Å². The fourth-order valence-electron chi connectivity index (χ4n) is 0.905. The minimum Gasteiger partial charge on any atom is -0.477 e. The van der Waals surface area contributed by atoms with E-state index in [0.717, 1.165) is 17.4 Å². The number of aliphatic carboxylic acids is 1. The minimum absolute atomic E-state index is 0.175. The van der Waals surface area contributed by atoms with Crippen molar-refractivity contribution in [2.45, 2.75) is 0 Å². The van der Waals surface area contributed by atoms with Gasteiger partial charge in [0.1, 0.15) is 11.6 Å². The fraction of sp³-hybridized carbons (Fsp3) is 0.